The van der Waals surface area contributed by atoms with Crippen molar-refractivity contribution in [3.05, 3.63) is 70.0 Å². The van der Waals surface area contributed by atoms with Crippen molar-refractivity contribution in [3.8, 4) is 5.88 Å². The highest BCUT2D eigenvalue weighted by molar-refractivity contribution is 5.85. The second-order valence-electron chi connectivity index (χ2n) is 7.19. The van der Waals surface area contributed by atoms with Crippen molar-refractivity contribution < 1.29 is 9.66 Å². The maximum atomic E-state index is 11.0. The van der Waals surface area contributed by atoms with E-state index in [0.717, 1.165) is 6.42 Å². The van der Waals surface area contributed by atoms with Crippen LogP contribution in [-0.4, -0.2) is 21.5 Å². The van der Waals surface area contributed by atoms with Gasteiger partial charge in [0.1, 0.15) is 6.33 Å². The summed E-state index contributed by atoms with van der Waals surface area (Å²) in [6.07, 6.45) is 2.13. The van der Waals surface area contributed by atoms with Crippen molar-refractivity contribution in [1.82, 2.24) is 9.97 Å². The molecule has 0 fully saturated rings. The van der Waals surface area contributed by atoms with Crippen molar-refractivity contribution in [3.63, 3.8) is 0 Å². The van der Waals surface area contributed by atoms with Gasteiger partial charge in [0, 0.05) is 18.6 Å². The van der Waals surface area contributed by atoms with Crippen molar-refractivity contribution in [1.29, 1.82) is 0 Å². The number of hydrogen-bond donors (Lipinski definition) is 0. The Balaban J connectivity index is 1.76. The molecule has 0 radical (unpaired) electrons. The average molecular weight is 351 g/mol. The van der Waals surface area contributed by atoms with E-state index in [1.807, 2.05) is 0 Å². The third-order valence-electron chi connectivity index (χ3n) is 4.22. The Kier molecular flexibility index (Phi) is 4.84. The number of nitrogens with zero attached hydrogens (tertiary/aromatic N) is 3. The van der Waals surface area contributed by atoms with E-state index in [1.165, 1.54) is 29.6 Å². The van der Waals surface area contributed by atoms with Gasteiger partial charge in [0.25, 0.3) is 5.69 Å². The Labute approximate surface area is 152 Å². The van der Waals surface area contributed by atoms with Crippen LogP contribution in [0.2, 0.25) is 0 Å². The Morgan fingerprint density at radius 3 is 2.65 bits per heavy atom. The van der Waals surface area contributed by atoms with Crippen molar-refractivity contribution in [2.45, 2.75) is 32.6 Å². The molecule has 6 nitrogen and oxygen atoms in total. The minimum absolute atomic E-state index is 0.00460. The molecule has 0 N–H and O–H groups in total. The fourth-order valence-electron chi connectivity index (χ4n) is 2.71. The van der Waals surface area contributed by atoms with Gasteiger partial charge in [-0.15, -0.1) is 0 Å². The van der Waals surface area contributed by atoms with Crippen LogP contribution in [0.25, 0.3) is 10.9 Å². The van der Waals surface area contributed by atoms with Gasteiger partial charge in [-0.05, 0) is 22.6 Å². The first-order valence-corrected chi connectivity index (χ1v) is 8.46. The van der Waals surface area contributed by atoms with E-state index in [2.05, 4.69) is 55.0 Å². The molecule has 0 bridgehead atoms. The molecular weight excluding hydrogens is 330 g/mol. The molecule has 0 amide bonds. The van der Waals surface area contributed by atoms with Crippen LogP contribution >= 0.6 is 0 Å². The van der Waals surface area contributed by atoms with Crippen LogP contribution < -0.4 is 4.74 Å². The Hall–Kier alpha value is -3.02. The molecule has 0 unspecified atom stereocenters. The van der Waals surface area contributed by atoms with Crippen LogP contribution in [0.4, 0.5) is 5.69 Å². The fourth-order valence-corrected chi connectivity index (χ4v) is 2.71. The third-order valence-corrected chi connectivity index (χ3v) is 4.22. The molecule has 0 aliphatic carbocycles. The van der Waals surface area contributed by atoms with Gasteiger partial charge in [-0.2, -0.15) is 0 Å². The van der Waals surface area contributed by atoms with Crippen LogP contribution in [0.3, 0.4) is 0 Å². The molecule has 26 heavy (non-hydrogen) atoms. The van der Waals surface area contributed by atoms with Crippen LogP contribution in [0.5, 0.6) is 5.88 Å². The summed E-state index contributed by atoms with van der Waals surface area (Å²) in [4.78, 5) is 18.8. The molecular formula is C20H21N3O3. The lowest BCUT2D eigenvalue weighted by atomic mass is 9.86. The summed E-state index contributed by atoms with van der Waals surface area (Å²) in [5.74, 6) is 0.366. The highest BCUT2D eigenvalue weighted by atomic mass is 16.6. The number of aromatic nitrogens is 2. The minimum atomic E-state index is -0.436. The predicted molar refractivity (Wildman–Crippen MR) is 101 cm³/mol. The Morgan fingerprint density at radius 2 is 1.92 bits per heavy atom. The standard InChI is InChI=1S/C20H21N3O3/c1-20(2,3)15-6-4-5-14(11-15)9-10-26-19-17-12-16(23(24)25)7-8-18(17)21-13-22-19/h4-8,11-13H,9-10H2,1-3H3. The number of hydrogen-bond acceptors (Lipinski definition) is 5. The van der Waals surface area contributed by atoms with E-state index in [1.54, 1.807) is 6.07 Å². The van der Waals surface area contributed by atoms with Crippen LogP contribution in [0.15, 0.2) is 48.8 Å². The highest BCUT2D eigenvalue weighted by Crippen LogP contribution is 2.26. The normalized spacial score (nSPS) is 11.5. The molecule has 0 saturated heterocycles. The second kappa shape index (κ2) is 7.07. The third kappa shape index (κ3) is 3.96. The van der Waals surface area contributed by atoms with Crippen molar-refractivity contribution >= 4 is 16.6 Å². The predicted octanol–water partition coefficient (Wildman–Crippen LogP) is 4.46. The number of nitro benzene ring substituents is 1. The first-order valence-electron chi connectivity index (χ1n) is 8.46. The van der Waals surface area contributed by atoms with E-state index in [0.29, 0.717) is 23.4 Å². The van der Waals surface area contributed by atoms with E-state index in [-0.39, 0.29) is 11.1 Å². The van der Waals surface area contributed by atoms with Gasteiger partial charge in [0.2, 0.25) is 5.88 Å². The fraction of sp³-hybridized carbons (Fsp3) is 0.300. The monoisotopic (exact) mass is 351 g/mol. The average Bonchev–Trinajstić information content (AvgIpc) is 2.61. The van der Waals surface area contributed by atoms with Gasteiger partial charge < -0.3 is 4.74 Å². The lowest BCUT2D eigenvalue weighted by Crippen LogP contribution is -2.12. The van der Waals surface area contributed by atoms with Crippen LogP contribution in [0.1, 0.15) is 31.9 Å². The molecule has 3 rings (SSSR count). The molecule has 1 aromatic heterocycles. The van der Waals surface area contributed by atoms with E-state index in [9.17, 15) is 10.1 Å². The molecule has 0 aliphatic heterocycles. The molecule has 134 valence electrons. The van der Waals surface area contributed by atoms with Gasteiger partial charge in [-0.3, -0.25) is 10.1 Å². The zero-order chi connectivity index (χ0) is 18.7. The van der Waals surface area contributed by atoms with Gasteiger partial charge in [-0.25, -0.2) is 9.97 Å². The summed E-state index contributed by atoms with van der Waals surface area (Å²) >= 11 is 0. The molecule has 0 aliphatic rings. The van der Waals surface area contributed by atoms with Crippen molar-refractivity contribution in [2.75, 3.05) is 6.61 Å². The Morgan fingerprint density at radius 1 is 1.12 bits per heavy atom. The summed E-state index contributed by atoms with van der Waals surface area (Å²) in [5, 5.41) is 11.5. The summed E-state index contributed by atoms with van der Waals surface area (Å²) < 4.78 is 5.81. The zero-order valence-electron chi connectivity index (χ0n) is 15.1. The number of benzene rings is 2. The quantitative estimate of drug-likeness (QED) is 0.501. The molecule has 6 heteroatoms. The molecule has 1 heterocycles. The van der Waals surface area contributed by atoms with Crippen LogP contribution in [-0.2, 0) is 11.8 Å². The molecule has 0 saturated carbocycles. The van der Waals surface area contributed by atoms with Gasteiger partial charge >= 0.3 is 0 Å². The maximum absolute atomic E-state index is 11.0. The van der Waals surface area contributed by atoms with E-state index in [4.69, 9.17) is 4.74 Å². The molecule has 2 aromatic carbocycles. The summed E-state index contributed by atoms with van der Waals surface area (Å²) in [5.41, 5.74) is 3.17. The second-order valence-corrected chi connectivity index (χ2v) is 7.19. The molecule has 3 aromatic rings. The van der Waals surface area contributed by atoms with Gasteiger partial charge in [-0.1, -0.05) is 45.0 Å². The Bertz CT molecular complexity index is 948. The zero-order valence-corrected chi connectivity index (χ0v) is 15.1. The lowest BCUT2D eigenvalue weighted by molar-refractivity contribution is -0.384. The van der Waals surface area contributed by atoms with Crippen LogP contribution in [0, 0.1) is 10.1 Å². The van der Waals surface area contributed by atoms with Crippen molar-refractivity contribution in [2.24, 2.45) is 0 Å². The van der Waals surface area contributed by atoms with E-state index < -0.39 is 4.92 Å². The summed E-state index contributed by atoms with van der Waals surface area (Å²) in [6, 6.07) is 12.9. The summed E-state index contributed by atoms with van der Waals surface area (Å²) in [6.45, 7) is 6.98. The minimum Gasteiger partial charge on any atom is -0.477 e. The highest BCUT2D eigenvalue weighted by Gasteiger charge is 2.14. The number of nitro groups is 1. The lowest BCUT2D eigenvalue weighted by Gasteiger charge is -2.19. The number of ether oxygens (including phenoxy) is 1. The summed E-state index contributed by atoms with van der Waals surface area (Å²) in [7, 11) is 0. The maximum Gasteiger partial charge on any atom is 0.270 e. The van der Waals surface area contributed by atoms with E-state index >= 15 is 0 Å². The van der Waals surface area contributed by atoms with Gasteiger partial charge in [0.05, 0.1) is 22.4 Å². The number of non-ortho nitro benzene ring substituents is 1. The van der Waals surface area contributed by atoms with Gasteiger partial charge in [0.15, 0.2) is 0 Å². The largest absolute Gasteiger partial charge is 0.477 e. The smallest absolute Gasteiger partial charge is 0.270 e. The molecule has 0 spiro atoms. The topological polar surface area (TPSA) is 78.2 Å². The number of rotatable bonds is 5. The number of fused-ring (bicyclic) bond motifs is 1. The first-order chi connectivity index (χ1) is 12.3. The first kappa shape index (κ1) is 17.8. The molecule has 0 atom stereocenters. The SMILES string of the molecule is CC(C)(C)c1cccc(CCOc2ncnc3ccc([N+](=O)[O-])cc23)c1.